The Morgan fingerprint density at radius 1 is 1.33 bits per heavy atom. The van der Waals surface area contributed by atoms with Crippen molar-refractivity contribution in [2.45, 2.75) is 27.3 Å². The van der Waals surface area contributed by atoms with Crippen molar-refractivity contribution < 1.29 is 0 Å². The molecule has 94 valence electrons. The topological polar surface area (TPSA) is 55.1 Å². The van der Waals surface area contributed by atoms with Crippen molar-refractivity contribution in [2.75, 3.05) is 5.43 Å². The number of hydrogen-bond acceptors (Lipinski definition) is 4. The first-order chi connectivity index (χ1) is 8.65. The molecule has 0 fully saturated rings. The van der Waals surface area contributed by atoms with Crippen molar-refractivity contribution >= 4 is 11.4 Å². The van der Waals surface area contributed by atoms with Crippen LogP contribution in [0.2, 0.25) is 0 Å². The van der Waals surface area contributed by atoms with E-state index in [1.165, 1.54) is 0 Å². The molecule has 0 radical (unpaired) electrons. The van der Waals surface area contributed by atoms with Crippen molar-refractivity contribution in [3.8, 4) is 0 Å². The molecule has 0 aliphatic rings. The Labute approximate surface area is 107 Å². The van der Waals surface area contributed by atoms with E-state index in [0.29, 0.717) is 6.54 Å². The van der Waals surface area contributed by atoms with E-state index in [0.717, 1.165) is 22.8 Å². The van der Waals surface area contributed by atoms with Crippen LogP contribution in [0.15, 0.2) is 35.7 Å². The van der Waals surface area contributed by atoms with Gasteiger partial charge in [-0.15, -0.1) is 0 Å². The molecular formula is C13H17N5. The van der Waals surface area contributed by atoms with Gasteiger partial charge in [0.2, 0.25) is 0 Å². The summed E-state index contributed by atoms with van der Waals surface area (Å²) in [4.78, 5) is 3.95. The second kappa shape index (κ2) is 5.44. The second-order valence-corrected chi connectivity index (χ2v) is 4.28. The van der Waals surface area contributed by atoms with Crippen molar-refractivity contribution in [2.24, 2.45) is 5.10 Å². The summed E-state index contributed by atoms with van der Waals surface area (Å²) in [6.07, 6.45) is 3.46. The highest BCUT2D eigenvalue weighted by Gasteiger charge is 2.01. The fourth-order valence-corrected chi connectivity index (χ4v) is 1.67. The van der Waals surface area contributed by atoms with Gasteiger partial charge in [-0.2, -0.15) is 10.2 Å². The Balaban J connectivity index is 1.99. The predicted octanol–water partition coefficient (Wildman–Crippen LogP) is 2.38. The lowest BCUT2D eigenvalue weighted by atomic mass is 10.4. The molecule has 0 atom stereocenters. The van der Waals surface area contributed by atoms with E-state index in [1.54, 1.807) is 12.4 Å². The average Bonchev–Trinajstić information content (AvgIpc) is 2.67. The quantitative estimate of drug-likeness (QED) is 0.662. The molecule has 5 nitrogen and oxygen atoms in total. The molecule has 5 heteroatoms. The highest BCUT2D eigenvalue weighted by Crippen LogP contribution is 2.04. The monoisotopic (exact) mass is 243 g/mol. The third-order valence-corrected chi connectivity index (χ3v) is 2.54. The number of nitrogens with zero attached hydrogens (tertiary/aromatic N) is 4. The molecule has 0 saturated carbocycles. The van der Waals surface area contributed by atoms with Crippen molar-refractivity contribution in [3.05, 3.63) is 42.0 Å². The Morgan fingerprint density at radius 2 is 2.06 bits per heavy atom. The Bertz CT molecular complexity index is 542. The van der Waals surface area contributed by atoms with Gasteiger partial charge in [0.25, 0.3) is 0 Å². The van der Waals surface area contributed by atoms with Crippen LogP contribution in [0, 0.1) is 13.8 Å². The fraction of sp³-hybridized carbons (Fsp3) is 0.308. The molecule has 0 aliphatic carbocycles. The van der Waals surface area contributed by atoms with Crippen LogP contribution in [0.3, 0.4) is 0 Å². The highest BCUT2D eigenvalue weighted by molar-refractivity contribution is 5.82. The number of aryl methyl sites for hydroxylation is 2. The molecule has 0 spiro atoms. The summed E-state index contributed by atoms with van der Waals surface area (Å²) < 4.78 is 1.95. The maximum atomic E-state index is 4.40. The minimum atomic E-state index is 0.692. The van der Waals surface area contributed by atoms with E-state index in [9.17, 15) is 0 Å². The van der Waals surface area contributed by atoms with Gasteiger partial charge in [-0.1, -0.05) is 0 Å². The van der Waals surface area contributed by atoms with Gasteiger partial charge in [0.1, 0.15) is 0 Å². The highest BCUT2D eigenvalue weighted by atomic mass is 15.3. The SMILES string of the molecule is C/C(Cn1nc(C)cc1C)=N/Nc1ccncc1. The Hall–Kier alpha value is -2.17. The van der Waals surface area contributed by atoms with Crippen LogP contribution < -0.4 is 5.43 Å². The van der Waals surface area contributed by atoms with Gasteiger partial charge < -0.3 is 0 Å². The van der Waals surface area contributed by atoms with Crippen LogP contribution >= 0.6 is 0 Å². The van der Waals surface area contributed by atoms with Gasteiger partial charge in [0, 0.05) is 18.1 Å². The Kier molecular flexibility index (Phi) is 3.72. The number of nitrogens with one attached hydrogen (secondary N) is 1. The molecule has 0 saturated heterocycles. The summed E-state index contributed by atoms with van der Waals surface area (Å²) in [5.74, 6) is 0. The Morgan fingerprint density at radius 3 is 2.67 bits per heavy atom. The lowest BCUT2D eigenvalue weighted by molar-refractivity contribution is 0.690. The van der Waals surface area contributed by atoms with Gasteiger partial charge in [-0.05, 0) is 39.0 Å². The molecule has 0 aromatic carbocycles. The smallest absolute Gasteiger partial charge is 0.0810 e. The number of pyridine rings is 1. The predicted molar refractivity (Wildman–Crippen MR) is 72.7 cm³/mol. The first-order valence-electron chi connectivity index (χ1n) is 5.85. The zero-order valence-corrected chi connectivity index (χ0v) is 10.9. The summed E-state index contributed by atoms with van der Waals surface area (Å²) in [7, 11) is 0. The summed E-state index contributed by atoms with van der Waals surface area (Å²) in [5, 5.41) is 8.72. The summed E-state index contributed by atoms with van der Waals surface area (Å²) in [5.41, 5.74) is 7.07. The average molecular weight is 243 g/mol. The van der Waals surface area contributed by atoms with Gasteiger partial charge in [0.05, 0.1) is 23.6 Å². The van der Waals surface area contributed by atoms with E-state index < -0.39 is 0 Å². The fourth-order valence-electron chi connectivity index (χ4n) is 1.67. The maximum absolute atomic E-state index is 4.40. The van der Waals surface area contributed by atoms with Gasteiger partial charge in [-0.25, -0.2) is 0 Å². The van der Waals surface area contributed by atoms with E-state index >= 15 is 0 Å². The van der Waals surface area contributed by atoms with Crippen LogP contribution in [0.4, 0.5) is 5.69 Å². The molecule has 2 aromatic heterocycles. The zero-order valence-electron chi connectivity index (χ0n) is 10.9. The lowest BCUT2D eigenvalue weighted by Crippen LogP contribution is -2.11. The van der Waals surface area contributed by atoms with Gasteiger partial charge >= 0.3 is 0 Å². The number of aromatic nitrogens is 3. The standard InChI is InChI=1S/C13H17N5/c1-10-8-12(3)18(17-10)9-11(2)15-16-13-4-6-14-7-5-13/h4-8H,9H2,1-3H3,(H,14,16)/b15-11-. The number of rotatable bonds is 4. The molecule has 0 amide bonds. The number of hydrogen-bond donors (Lipinski definition) is 1. The lowest BCUT2D eigenvalue weighted by Gasteiger charge is -2.05. The maximum Gasteiger partial charge on any atom is 0.0810 e. The van der Waals surface area contributed by atoms with E-state index in [1.807, 2.05) is 37.6 Å². The molecule has 2 rings (SSSR count). The minimum absolute atomic E-state index is 0.692. The molecule has 2 heterocycles. The van der Waals surface area contributed by atoms with Crippen molar-refractivity contribution in [1.29, 1.82) is 0 Å². The normalized spacial score (nSPS) is 11.6. The van der Waals surface area contributed by atoms with Gasteiger partial charge in [-0.3, -0.25) is 15.1 Å². The van der Waals surface area contributed by atoms with Gasteiger partial charge in [0.15, 0.2) is 0 Å². The largest absolute Gasteiger partial charge is 0.278 e. The van der Waals surface area contributed by atoms with Crippen LogP contribution in [0.25, 0.3) is 0 Å². The van der Waals surface area contributed by atoms with Crippen LogP contribution in [-0.2, 0) is 6.54 Å². The minimum Gasteiger partial charge on any atom is -0.278 e. The summed E-state index contributed by atoms with van der Waals surface area (Å²) in [6, 6.07) is 5.81. The first-order valence-corrected chi connectivity index (χ1v) is 5.85. The molecule has 1 N–H and O–H groups in total. The molecule has 0 bridgehead atoms. The van der Waals surface area contributed by atoms with Crippen molar-refractivity contribution in [3.63, 3.8) is 0 Å². The third-order valence-electron chi connectivity index (χ3n) is 2.54. The van der Waals surface area contributed by atoms with E-state index in [2.05, 4.69) is 26.7 Å². The van der Waals surface area contributed by atoms with Crippen LogP contribution in [0.1, 0.15) is 18.3 Å². The number of anilines is 1. The summed E-state index contributed by atoms with van der Waals surface area (Å²) in [6.45, 7) is 6.71. The third kappa shape index (κ3) is 3.16. The summed E-state index contributed by atoms with van der Waals surface area (Å²) >= 11 is 0. The molecule has 0 unspecified atom stereocenters. The van der Waals surface area contributed by atoms with Crippen LogP contribution in [0.5, 0.6) is 0 Å². The molecule has 18 heavy (non-hydrogen) atoms. The number of hydrazone groups is 1. The molecule has 2 aromatic rings. The van der Waals surface area contributed by atoms with Crippen LogP contribution in [-0.4, -0.2) is 20.5 Å². The second-order valence-electron chi connectivity index (χ2n) is 4.28. The van der Waals surface area contributed by atoms with E-state index in [-0.39, 0.29) is 0 Å². The molecule has 0 aliphatic heterocycles. The zero-order chi connectivity index (χ0) is 13.0. The van der Waals surface area contributed by atoms with Crippen molar-refractivity contribution in [1.82, 2.24) is 14.8 Å². The first kappa shape index (κ1) is 12.3. The molecular weight excluding hydrogens is 226 g/mol. The van der Waals surface area contributed by atoms with E-state index in [4.69, 9.17) is 0 Å².